The molecule has 0 saturated carbocycles. The summed E-state index contributed by atoms with van der Waals surface area (Å²) < 4.78 is 6.08. The van der Waals surface area contributed by atoms with Gasteiger partial charge in [-0.3, -0.25) is 4.79 Å². The Morgan fingerprint density at radius 3 is 2.48 bits per heavy atom. The van der Waals surface area contributed by atoms with E-state index >= 15 is 0 Å². The Bertz CT molecular complexity index is 1010. The van der Waals surface area contributed by atoms with Gasteiger partial charge in [0.2, 0.25) is 0 Å². The summed E-state index contributed by atoms with van der Waals surface area (Å²) >= 11 is 0. The van der Waals surface area contributed by atoms with Crippen molar-refractivity contribution in [2.24, 2.45) is 0 Å². The minimum Gasteiger partial charge on any atom is -0.465 e. The van der Waals surface area contributed by atoms with Crippen LogP contribution in [0.1, 0.15) is 31.8 Å². The highest BCUT2D eigenvalue weighted by Gasteiger charge is 2.17. The van der Waals surface area contributed by atoms with Gasteiger partial charge in [-0.05, 0) is 55.3 Å². The number of hydrogen-bond donors (Lipinski definition) is 2. The van der Waals surface area contributed by atoms with Crippen molar-refractivity contribution >= 4 is 23.4 Å². The van der Waals surface area contributed by atoms with Gasteiger partial charge in [-0.2, -0.15) is 5.10 Å². The summed E-state index contributed by atoms with van der Waals surface area (Å²) in [5, 5.41) is 7.03. The van der Waals surface area contributed by atoms with E-state index in [0.29, 0.717) is 11.3 Å². The summed E-state index contributed by atoms with van der Waals surface area (Å²) in [6.07, 6.45) is 1.35. The van der Waals surface area contributed by atoms with Crippen LogP contribution in [0.4, 0.5) is 11.5 Å². The highest BCUT2D eigenvalue weighted by molar-refractivity contribution is 6.04. The summed E-state index contributed by atoms with van der Waals surface area (Å²) in [4.78, 5) is 24.1. The minimum atomic E-state index is -0.553. The number of anilines is 2. The van der Waals surface area contributed by atoms with E-state index in [2.05, 4.69) is 15.2 Å². The maximum Gasteiger partial charge on any atom is 0.343 e. The van der Waals surface area contributed by atoms with Crippen molar-refractivity contribution in [3.8, 4) is 5.69 Å². The molecule has 0 radical (unpaired) electrons. The van der Waals surface area contributed by atoms with Gasteiger partial charge in [-0.15, -0.1) is 0 Å². The number of rotatable bonds is 4. The van der Waals surface area contributed by atoms with Crippen LogP contribution in [0.15, 0.2) is 48.7 Å². The van der Waals surface area contributed by atoms with E-state index in [9.17, 15) is 9.59 Å². The summed E-state index contributed by atoms with van der Waals surface area (Å²) in [6, 6.07) is 12.5. The number of aryl methyl sites for hydroxylation is 1. The van der Waals surface area contributed by atoms with E-state index in [-0.39, 0.29) is 17.3 Å². The first kappa shape index (κ1) is 18.2. The van der Waals surface area contributed by atoms with E-state index < -0.39 is 5.97 Å². The third-order valence-corrected chi connectivity index (χ3v) is 4.44. The summed E-state index contributed by atoms with van der Waals surface area (Å²) in [5.41, 5.74) is 10.2. The second kappa shape index (κ2) is 7.33. The molecular weight excluding hydrogens is 344 g/mol. The molecule has 0 aliphatic heterocycles. The molecule has 0 aliphatic rings. The lowest BCUT2D eigenvalue weighted by Crippen LogP contribution is -2.13. The number of nitrogen functional groups attached to an aromatic ring is 1. The maximum atomic E-state index is 12.5. The smallest absolute Gasteiger partial charge is 0.343 e. The maximum absolute atomic E-state index is 12.5. The predicted molar refractivity (Wildman–Crippen MR) is 103 cm³/mol. The molecule has 1 aromatic heterocycles. The molecule has 3 rings (SSSR count). The third-order valence-electron chi connectivity index (χ3n) is 4.44. The molecule has 138 valence electrons. The number of ether oxygens (including phenoxy) is 1. The van der Waals surface area contributed by atoms with Crippen LogP contribution in [0.3, 0.4) is 0 Å². The Morgan fingerprint density at radius 2 is 1.81 bits per heavy atom. The lowest BCUT2D eigenvalue weighted by molar-refractivity contribution is 0.0602. The van der Waals surface area contributed by atoms with Gasteiger partial charge >= 0.3 is 5.97 Å². The number of nitrogens with zero attached hydrogens (tertiary/aromatic N) is 2. The number of nitrogens with two attached hydrogens (primary N) is 1. The van der Waals surface area contributed by atoms with Crippen LogP contribution in [0.2, 0.25) is 0 Å². The summed E-state index contributed by atoms with van der Waals surface area (Å²) in [7, 11) is 1.28. The van der Waals surface area contributed by atoms with Crippen LogP contribution in [0, 0.1) is 13.8 Å². The first-order valence-electron chi connectivity index (χ1n) is 8.32. The molecule has 0 unspecified atom stereocenters. The van der Waals surface area contributed by atoms with E-state index in [1.807, 2.05) is 32.0 Å². The third kappa shape index (κ3) is 3.52. The largest absolute Gasteiger partial charge is 0.465 e. The molecule has 3 aromatic rings. The number of methoxy groups -OCH3 is 1. The van der Waals surface area contributed by atoms with Crippen molar-refractivity contribution in [3.63, 3.8) is 0 Å². The Labute approximate surface area is 156 Å². The Balaban J connectivity index is 1.81. The number of esters is 1. The fourth-order valence-electron chi connectivity index (χ4n) is 2.67. The van der Waals surface area contributed by atoms with Crippen LogP contribution in [0.5, 0.6) is 0 Å². The molecule has 7 nitrogen and oxygen atoms in total. The van der Waals surface area contributed by atoms with Crippen molar-refractivity contribution in [2.45, 2.75) is 13.8 Å². The summed E-state index contributed by atoms with van der Waals surface area (Å²) in [5.74, 6) is -0.586. The topological polar surface area (TPSA) is 99.2 Å². The second-order valence-electron chi connectivity index (χ2n) is 6.10. The van der Waals surface area contributed by atoms with Crippen molar-refractivity contribution in [1.82, 2.24) is 9.78 Å². The number of benzene rings is 2. The molecule has 0 fully saturated rings. The van der Waals surface area contributed by atoms with E-state index in [4.69, 9.17) is 5.73 Å². The van der Waals surface area contributed by atoms with Gasteiger partial charge in [0.15, 0.2) is 0 Å². The van der Waals surface area contributed by atoms with Crippen molar-refractivity contribution in [1.29, 1.82) is 0 Å². The monoisotopic (exact) mass is 364 g/mol. The van der Waals surface area contributed by atoms with Gasteiger partial charge in [-0.1, -0.05) is 12.1 Å². The fourth-order valence-corrected chi connectivity index (χ4v) is 2.67. The molecule has 0 saturated heterocycles. The van der Waals surface area contributed by atoms with Gasteiger partial charge in [0, 0.05) is 11.3 Å². The van der Waals surface area contributed by atoms with Crippen LogP contribution in [0.25, 0.3) is 5.69 Å². The van der Waals surface area contributed by atoms with Gasteiger partial charge in [-0.25, -0.2) is 9.48 Å². The average Bonchev–Trinajstić information content (AvgIpc) is 3.06. The quantitative estimate of drug-likeness (QED) is 0.693. The van der Waals surface area contributed by atoms with Crippen molar-refractivity contribution in [3.05, 3.63) is 70.9 Å². The number of amides is 1. The Hall–Kier alpha value is -3.61. The van der Waals surface area contributed by atoms with Gasteiger partial charge in [0.25, 0.3) is 5.91 Å². The number of hydrogen-bond acceptors (Lipinski definition) is 5. The average molecular weight is 364 g/mol. The molecule has 0 atom stereocenters. The molecule has 27 heavy (non-hydrogen) atoms. The zero-order valence-corrected chi connectivity index (χ0v) is 15.3. The van der Waals surface area contributed by atoms with Crippen LogP contribution >= 0.6 is 0 Å². The molecule has 0 bridgehead atoms. The first-order valence-corrected chi connectivity index (χ1v) is 8.32. The van der Waals surface area contributed by atoms with Gasteiger partial charge < -0.3 is 15.8 Å². The number of carbonyl (C=O) groups excluding carboxylic acids is 2. The molecule has 3 N–H and O–H groups in total. The minimum absolute atomic E-state index is 0.175. The number of nitrogens with one attached hydrogen (secondary N) is 1. The molecule has 0 aliphatic carbocycles. The predicted octanol–water partition coefficient (Wildman–Crippen LogP) is 3.11. The number of aromatic nitrogens is 2. The molecule has 0 spiro atoms. The Morgan fingerprint density at radius 1 is 1.11 bits per heavy atom. The van der Waals surface area contributed by atoms with Gasteiger partial charge in [0.05, 0.1) is 19.0 Å². The second-order valence-corrected chi connectivity index (χ2v) is 6.10. The normalized spacial score (nSPS) is 10.5. The summed E-state index contributed by atoms with van der Waals surface area (Å²) in [6.45, 7) is 3.96. The van der Waals surface area contributed by atoms with E-state index in [1.165, 1.54) is 18.0 Å². The van der Waals surface area contributed by atoms with Crippen LogP contribution in [-0.2, 0) is 4.74 Å². The molecule has 1 heterocycles. The Kier molecular flexibility index (Phi) is 4.94. The van der Waals surface area contributed by atoms with Gasteiger partial charge in [0.1, 0.15) is 11.4 Å². The zero-order chi connectivity index (χ0) is 19.6. The fraction of sp³-hybridized carbons (Fsp3) is 0.150. The zero-order valence-electron chi connectivity index (χ0n) is 15.3. The van der Waals surface area contributed by atoms with Crippen LogP contribution < -0.4 is 11.1 Å². The molecule has 7 heteroatoms. The molecule has 1 amide bonds. The molecule has 2 aromatic carbocycles. The lowest BCUT2D eigenvalue weighted by atomic mass is 10.1. The lowest BCUT2D eigenvalue weighted by Gasteiger charge is -2.11. The molecular formula is C20H20N4O3. The van der Waals surface area contributed by atoms with Crippen molar-refractivity contribution in [2.75, 3.05) is 18.2 Å². The van der Waals surface area contributed by atoms with E-state index in [0.717, 1.165) is 16.8 Å². The van der Waals surface area contributed by atoms with Crippen molar-refractivity contribution < 1.29 is 14.3 Å². The van der Waals surface area contributed by atoms with E-state index in [1.54, 1.807) is 24.3 Å². The van der Waals surface area contributed by atoms with Crippen LogP contribution in [-0.4, -0.2) is 28.8 Å². The highest BCUT2D eigenvalue weighted by Crippen LogP contribution is 2.21. The standard InChI is InChI=1S/C20H20N4O3/c1-12-5-4-6-17(13(12)2)23-19(25)14-7-9-15(10-8-14)24-18(21)16(11-22-24)20(26)27-3/h4-11H,21H2,1-3H3,(H,23,25). The first-order chi connectivity index (χ1) is 12.9. The number of carbonyl (C=O) groups is 2. The SMILES string of the molecule is COC(=O)c1cnn(-c2ccc(C(=O)Nc3cccc(C)c3C)cc2)c1N. The highest BCUT2D eigenvalue weighted by atomic mass is 16.5.